The molecule has 0 aliphatic heterocycles. The zero-order chi connectivity index (χ0) is 21.5. The molecule has 24 nitrogen and oxygen atoms in total. The van der Waals surface area contributed by atoms with E-state index in [4.69, 9.17) is 91.9 Å². The van der Waals surface area contributed by atoms with Crippen LogP contribution in [-0.2, 0) is 17.1 Å². The van der Waals surface area contributed by atoms with Crippen LogP contribution in [-0.4, -0.2) is 30.5 Å². The van der Waals surface area contributed by atoms with Crippen LogP contribution in [0.2, 0.25) is 0 Å². The standard InChI is InChI=1S/Cu.6NO3.Th/c;6*2-1(3)4;/q+2;6*-1;+4. The van der Waals surface area contributed by atoms with Crippen LogP contribution < -0.4 is 0 Å². The van der Waals surface area contributed by atoms with Gasteiger partial charge in [-0.25, -0.2) is 0 Å². The summed E-state index contributed by atoms with van der Waals surface area (Å²) in [5.41, 5.74) is 0. The SMILES string of the molecule is O=[N+]([O-])[O-].O=[N+]([O-])[O-].O=[N+]([O-])[O-].O=[N+]([O-])[O-].O=[N+]([O-])[O-].O=[N+]([O-])[O-].[Cu+2].[Th+4]. The molecule has 0 spiro atoms. The van der Waals surface area contributed by atoms with Gasteiger partial charge >= 0.3 is 57.0 Å². The summed E-state index contributed by atoms with van der Waals surface area (Å²) in [5, 5.41) is 88.5. The fourth-order valence-corrected chi connectivity index (χ4v) is 0. The maximum Gasteiger partial charge on any atom is 4.00 e. The van der Waals surface area contributed by atoms with E-state index in [1.54, 1.807) is 0 Å². The normalized spacial score (nSPS) is 5.54. The van der Waals surface area contributed by atoms with Gasteiger partial charge in [-0.05, 0) is 0 Å². The minimum absolute atomic E-state index is 0. The van der Waals surface area contributed by atoms with Crippen LogP contribution in [0.4, 0.5) is 0 Å². The molecule has 0 bridgehead atoms. The van der Waals surface area contributed by atoms with E-state index in [1.807, 2.05) is 0 Å². The summed E-state index contributed by atoms with van der Waals surface area (Å²) >= 11 is 0. The Morgan fingerprint density at radius 1 is 0.308 bits per heavy atom. The molecular weight excluding hydrogens is 668 g/mol. The molecule has 0 aromatic carbocycles. The number of rotatable bonds is 0. The second-order valence-electron chi connectivity index (χ2n) is 1.34. The van der Waals surface area contributed by atoms with Crippen LogP contribution in [0.15, 0.2) is 0 Å². The minimum Gasteiger partial charge on any atom is -0.356 e. The van der Waals surface area contributed by atoms with Crippen molar-refractivity contribution in [2.24, 2.45) is 0 Å². The molecule has 0 aromatic rings. The molecule has 0 fully saturated rings. The number of hydrogen-bond acceptors (Lipinski definition) is 18. The Morgan fingerprint density at radius 3 is 0.308 bits per heavy atom. The molecule has 0 unspecified atom stereocenters. The maximum absolute atomic E-state index is 8.25. The molecule has 0 amide bonds. The van der Waals surface area contributed by atoms with Crippen LogP contribution in [0.5, 0.6) is 0 Å². The van der Waals surface area contributed by atoms with Crippen LogP contribution in [0.1, 0.15) is 0 Å². The van der Waals surface area contributed by atoms with Gasteiger partial charge in [-0.3, -0.25) is 0 Å². The fourth-order valence-electron chi connectivity index (χ4n) is 0. The molecule has 153 valence electrons. The molecular formula is CuN6O18Th. The summed E-state index contributed by atoms with van der Waals surface area (Å²) in [6, 6.07) is 0. The summed E-state index contributed by atoms with van der Waals surface area (Å²) < 4.78 is 0. The summed E-state index contributed by atoms with van der Waals surface area (Å²) in [4.78, 5) is 49.5. The van der Waals surface area contributed by atoms with E-state index in [-0.39, 0.29) is 57.0 Å². The van der Waals surface area contributed by atoms with Gasteiger partial charge in [0, 0.05) is 0 Å². The van der Waals surface area contributed by atoms with Gasteiger partial charge in [-0.2, -0.15) is 0 Å². The molecule has 0 heterocycles. The first-order chi connectivity index (χ1) is 10.4. The van der Waals surface area contributed by atoms with Gasteiger partial charge in [-0.15, -0.1) is 0 Å². The second kappa shape index (κ2) is 43.1. The fraction of sp³-hybridized carbons (Fsp3) is 0. The molecule has 0 aliphatic rings. The van der Waals surface area contributed by atoms with Crippen molar-refractivity contribution >= 4 is 0 Å². The van der Waals surface area contributed by atoms with Gasteiger partial charge in [0.2, 0.25) is 0 Å². The Balaban J connectivity index is -0.0000000245. The van der Waals surface area contributed by atoms with Gasteiger partial charge in [0.05, 0.1) is 30.5 Å². The maximum atomic E-state index is 8.25. The van der Waals surface area contributed by atoms with Crippen molar-refractivity contribution < 1.29 is 87.5 Å². The molecule has 26 heteroatoms. The number of hydrogen-bond donors (Lipinski definition) is 0. The van der Waals surface area contributed by atoms with E-state index < -0.39 is 30.5 Å². The number of nitrogens with zero attached hydrogens (tertiary/aromatic N) is 6. The second-order valence-corrected chi connectivity index (χ2v) is 1.34. The predicted molar refractivity (Wildman–Crippen MR) is 62.2 cm³/mol. The van der Waals surface area contributed by atoms with Crippen molar-refractivity contribution in [3.05, 3.63) is 91.9 Å². The molecule has 0 rings (SSSR count). The average molecular weight is 668 g/mol. The molecule has 26 heavy (non-hydrogen) atoms. The van der Waals surface area contributed by atoms with Crippen molar-refractivity contribution in [3.63, 3.8) is 0 Å². The predicted octanol–water partition coefficient (Wildman–Crippen LogP) is -1.44. The van der Waals surface area contributed by atoms with Crippen LogP contribution in [0.25, 0.3) is 0 Å². The van der Waals surface area contributed by atoms with Crippen LogP contribution in [0.3, 0.4) is 0 Å². The Hall–Kier alpha value is -2.96. The quantitative estimate of drug-likeness (QED) is 0.162. The van der Waals surface area contributed by atoms with Crippen LogP contribution >= 0.6 is 0 Å². The molecule has 0 N–H and O–H groups in total. The third-order valence-electron chi connectivity index (χ3n) is 0. The van der Waals surface area contributed by atoms with E-state index in [2.05, 4.69) is 0 Å². The smallest absolute Gasteiger partial charge is 0.356 e. The first-order valence-electron chi connectivity index (χ1n) is 3.29. The summed E-state index contributed by atoms with van der Waals surface area (Å²) in [7, 11) is 0. The topological polar surface area (TPSA) is 397 Å². The molecule has 0 aliphatic carbocycles. The third kappa shape index (κ3) is 968. The molecule has 0 aromatic heterocycles. The molecule has 0 atom stereocenters. The Labute approximate surface area is 179 Å². The Kier molecular flexibility index (Phi) is 82.1. The van der Waals surface area contributed by atoms with E-state index >= 15 is 0 Å². The molecule has 1 radical (unpaired) electrons. The summed E-state index contributed by atoms with van der Waals surface area (Å²) in [6.45, 7) is 0. The molecule has 0 saturated carbocycles. The van der Waals surface area contributed by atoms with Crippen molar-refractivity contribution in [1.82, 2.24) is 0 Å². The third-order valence-corrected chi connectivity index (χ3v) is 0. The van der Waals surface area contributed by atoms with Gasteiger partial charge in [-0.1, -0.05) is 0 Å². The summed E-state index contributed by atoms with van der Waals surface area (Å²) in [6.07, 6.45) is 0. The van der Waals surface area contributed by atoms with Gasteiger partial charge in [0.15, 0.2) is 0 Å². The average Bonchev–Trinajstić information content (AvgIpc) is 2.08. The van der Waals surface area contributed by atoms with Crippen molar-refractivity contribution in [3.8, 4) is 0 Å². The zero-order valence-corrected chi connectivity index (χ0v) is 15.9. The first-order valence-corrected chi connectivity index (χ1v) is 3.29. The Morgan fingerprint density at radius 2 is 0.308 bits per heavy atom. The summed E-state index contributed by atoms with van der Waals surface area (Å²) in [5.74, 6) is 0. The van der Waals surface area contributed by atoms with E-state index in [0.717, 1.165) is 0 Å². The van der Waals surface area contributed by atoms with Crippen molar-refractivity contribution in [2.75, 3.05) is 0 Å². The zero-order valence-electron chi connectivity index (χ0n) is 10.8. The van der Waals surface area contributed by atoms with Crippen molar-refractivity contribution in [1.29, 1.82) is 0 Å². The van der Waals surface area contributed by atoms with Gasteiger partial charge in [0.25, 0.3) is 0 Å². The Bertz CT molecular complexity index is 263. The van der Waals surface area contributed by atoms with Gasteiger partial charge < -0.3 is 91.9 Å². The van der Waals surface area contributed by atoms with E-state index in [1.165, 1.54) is 0 Å². The van der Waals surface area contributed by atoms with Crippen LogP contribution in [0, 0.1) is 132 Å². The van der Waals surface area contributed by atoms with Gasteiger partial charge in [0.1, 0.15) is 0 Å². The molecule has 0 saturated heterocycles. The van der Waals surface area contributed by atoms with E-state index in [0.29, 0.717) is 0 Å². The van der Waals surface area contributed by atoms with E-state index in [9.17, 15) is 0 Å². The largest absolute Gasteiger partial charge is 4.00 e. The minimum atomic E-state index is -1.75. The monoisotopic (exact) mass is 667 g/mol. The first kappa shape index (κ1) is 49.5. The van der Waals surface area contributed by atoms with Crippen molar-refractivity contribution in [2.45, 2.75) is 0 Å².